The van der Waals surface area contributed by atoms with Crippen molar-refractivity contribution < 1.29 is 18.8 Å². The third-order valence-corrected chi connectivity index (χ3v) is 5.85. The maximum absolute atomic E-state index is 13.6. The number of carbonyl (C=O) groups is 3. The maximum Gasteiger partial charge on any atom is 0.335 e. The first-order chi connectivity index (χ1) is 15.7. The van der Waals surface area contributed by atoms with Crippen LogP contribution in [-0.2, 0) is 16.0 Å². The molecule has 4 rings (SSSR count). The van der Waals surface area contributed by atoms with Gasteiger partial charge in [0, 0.05) is 10.0 Å². The van der Waals surface area contributed by atoms with Crippen LogP contribution in [0.2, 0.25) is 10.0 Å². The molecule has 0 aromatic heterocycles. The summed E-state index contributed by atoms with van der Waals surface area (Å²) in [4.78, 5) is 39.1. The predicted octanol–water partition coefficient (Wildman–Crippen LogP) is 5.70. The van der Waals surface area contributed by atoms with Crippen molar-refractivity contribution >= 4 is 52.8 Å². The number of anilines is 1. The zero-order valence-electron chi connectivity index (χ0n) is 17.4. The van der Waals surface area contributed by atoms with Gasteiger partial charge < -0.3 is 0 Å². The van der Waals surface area contributed by atoms with E-state index in [1.165, 1.54) is 24.3 Å². The smallest absolute Gasteiger partial charge is 0.273 e. The number of amides is 4. The quantitative estimate of drug-likeness (QED) is 0.383. The van der Waals surface area contributed by atoms with E-state index in [4.69, 9.17) is 23.2 Å². The summed E-state index contributed by atoms with van der Waals surface area (Å²) < 4.78 is 13.6. The lowest BCUT2D eigenvalue weighted by molar-refractivity contribution is -0.122. The number of barbiturate groups is 1. The van der Waals surface area contributed by atoms with Crippen molar-refractivity contribution in [2.24, 2.45) is 0 Å². The van der Waals surface area contributed by atoms with Crippen LogP contribution in [0.3, 0.4) is 0 Å². The molecule has 1 heterocycles. The number of rotatable bonds is 4. The first-order valence-corrected chi connectivity index (χ1v) is 10.7. The molecule has 0 atom stereocenters. The van der Waals surface area contributed by atoms with E-state index in [9.17, 15) is 18.8 Å². The van der Waals surface area contributed by atoms with Gasteiger partial charge in [-0.05, 0) is 78.1 Å². The van der Waals surface area contributed by atoms with Gasteiger partial charge in [-0.2, -0.15) is 0 Å². The van der Waals surface area contributed by atoms with Crippen LogP contribution in [0, 0.1) is 12.7 Å². The van der Waals surface area contributed by atoms with Gasteiger partial charge in [0.25, 0.3) is 11.8 Å². The second-order valence-corrected chi connectivity index (χ2v) is 8.38. The Morgan fingerprint density at radius 2 is 1.79 bits per heavy atom. The second kappa shape index (κ2) is 9.17. The average Bonchev–Trinajstić information content (AvgIpc) is 2.75. The topological polar surface area (TPSA) is 66.5 Å². The summed E-state index contributed by atoms with van der Waals surface area (Å²) in [5, 5.41) is 2.96. The Hall–Kier alpha value is -3.48. The van der Waals surface area contributed by atoms with Gasteiger partial charge in [0.05, 0.1) is 5.69 Å². The van der Waals surface area contributed by atoms with E-state index in [-0.39, 0.29) is 17.1 Å². The molecular weight excluding hydrogens is 466 g/mol. The zero-order valence-corrected chi connectivity index (χ0v) is 18.9. The number of hydrogen-bond donors (Lipinski definition) is 1. The number of nitrogens with one attached hydrogen (secondary N) is 1. The van der Waals surface area contributed by atoms with Crippen LogP contribution in [0.5, 0.6) is 0 Å². The predicted molar refractivity (Wildman–Crippen MR) is 126 cm³/mol. The highest BCUT2D eigenvalue weighted by Crippen LogP contribution is 2.28. The van der Waals surface area contributed by atoms with Gasteiger partial charge in [-0.3, -0.25) is 14.9 Å². The van der Waals surface area contributed by atoms with Gasteiger partial charge in [0.2, 0.25) is 0 Å². The first kappa shape index (κ1) is 22.7. The van der Waals surface area contributed by atoms with E-state index in [2.05, 4.69) is 5.32 Å². The molecular formula is C25H17Cl2FN2O3. The Kier molecular flexibility index (Phi) is 6.31. The lowest BCUT2D eigenvalue weighted by atomic mass is 9.97. The number of urea groups is 1. The van der Waals surface area contributed by atoms with Gasteiger partial charge in [-0.1, -0.05) is 47.5 Å². The monoisotopic (exact) mass is 482 g/mol. The van der Waals surface area contributed by atoms with Crippen LogP contribution in [0.4, 0.5) is 14.9 Å². The molecule has 33 heavy (non-hydrogen) atoms. The third-order valence-electron chi connectivity index (χ3n) is 5.21. The van der Waals surface area contributed by atoms with Crippen molar-refractivity contribution in [2.75, 3.05) is 4.90 Å². The van der Waals surface area contributed by atoms with Gasteiger partial charge in [0.1, 0.15) is 11.4 Å². The molecule has 1 aliphatic rings. The number of nitrogens with zero attached hydrogens (tertiary/aromatic N) is 1. The molecule has 0 spiro atoms. The van der Waals surface area contributed by atoms with E-state index in [1.807, 2.05) is 0 Å². The molecule has 8 heteroatoms. The summed E-state index contributed by atoms with van der Waals surface area (Å²) >= 11 is 12.3. The Morgan fingerprint density at radius 1 is 1.00 bits per heavy atom. The summed E-state index contributed by atoms with van der Waals surface area (Å²) in [6.07, 6.45) is 1.73. The molecule has 1 fully saturated rings. The van der Waals surface area contributed by atoms with Crippen LogP contribution in [0.25, 0.3) is 6.08 Å². The summed E-state index contributed by atoms with van der Waals surface area (Å²) in [6, 6.07) is 15.0. The van der Waals surface area contributed by atoms with Crippen LogP contribution in [-0.4, -0.2) is 17.8 Å². The maximum atomic E-state index is 13.6. The highest BCUT2D eigenvalue weighted by atomic mass is 35.5. The molecule has 1 aliphatic heterocycles. The van der Waals surface area contributed by atoms with Crippen molar-refractivity contribution in [2.45, 2.75) is 13.3 Å². The highest BCUT2D eigenvalue weighted by molar-refractivity contribution is 6.39. The largest absolute Gasteiger partial charge is 0.335 e. The Balaban J connectivity index is 1.75. The van der Waals surface area contributed by atoms with Gasteiger partial charge in [-0.25, -0.2) is 14.1 Å². The van der Waals surface area contributed by atoms with E-state index in [0.29, 0.717) is 27.6 Å². The number of carbonyl (C=O) groups excluding carboxylic acids is 3. The number of imide groups is 2. The summed E-state index contributed by atoms with van der Waals surface area (Å²) in [6.45, 7) is 1.79. The average molecular weight is 483 g/mol. The lowest BCUT2D eigenvalue weighted by Crippen LogP contribution is -2.54. The van der Waals surface area contributed by atoms with Crippen LogP contribution in [0.1, 0.15) is 22.3 Å². The molecule has 0 saturated carbocycles. The van der Waals surface area contributed by atoms with Crippen molar-refractivity contribution in [3.05, 3.63) is 104 Å². The molecule has 0 unspecified atom stereocenters. The number of hydrogen-bond acceptors (Lipinski definition) is 3. The fourth-order valence-corrected chi connectivity index (χ4v) is 3.85. The molecule has 0 aliphatic carbocycles. The summed E-state index contributed by atoms with van der Waals surface area (Å²) in [5.41, 5.74) is 2.70. The molecule has 5 nitrogen and oxygen atoms in total. The van der Waals surface area contributed by atoms with E-state index in [0.717, 1.165) is 16.0 Å². The number of benzene rings is 3. The van der Waals surface area contributed by atoms with E-state index >= 15 is 0 Å². The third kappa shape index (κ3) is 4.82. The fraction of sp³-hybridized carbons (Fsp3) is 0.0800. The Bertz CT molecular complexity index is 1340. The SMILES string of the molecule is Cc1ccc(N2C(=O)NC(=O)/C(=C\c3cc(Cl)ccc3Cc3cccc(F)c3)C2=O)cc1Cl. The van der Waals surface area contributed by atoms with Crippen molar-refractivity contribution in [1.29, 1.82) is 0 Å². The molecule has 1 N–H and O–H groups in total. The lowest BCUT2D eigenvalue weighted by Gasteiger charge is -2.26. The number of halogens is 3. The Morgan fingerprint density at radius 3 is 2.52 bits per heavy atom. The highest BCUT2D eigenvalue weighted by Gasteiger charge is 2.37. The van der Waals surface area contributed by atoms with Gasteiger partial charge >= 0.3 is 6.03 Å². The van der Waals surface area contributed by atoms with Crippen molar-refractivity contribution in [3.8, 4) is 0 Å². The first-order valence-electron chi connectivity index (χ1n) is 9.93. The molecule has 3 aromatic carbocycles. The standard InChI is InChI=1S/C25H17Cl2FN2O3/c1-14-5-8-20(13-22(14)27)30-24(32)21(23(31)29-25(30)33)12-17-11-18(26)7-6-16(17)9-15-3-2-4-19(28)10-15/h2-8,10-13H,9H2,1H3,(H,29,31,33)/b21-12+. The van der Waals surface area contributed by atoms with Crippen molar-refractivity contribution in [1.82, 2.24) is 5.32 Å². The minimum atomic E-state index is -0.867. The van der Waals surface area contributed by atoms with E-state index < -0.39 is 17.8 Å². The molecule has 3 aromatic rings. The second-order valence-electron chi connectivity index (χ2n) is 7.54. The molecule has 0 radical (unpaired) electrons. The Labute approximate surface area is 199 Å². The fourth-order valence-electron chi connectivity index (χ4n) is 3.50. The van der Waals surface area contributed by atoms with Crippen LogP contribution >= 0.6 is 23.2 Å². The molecule has 4 amide bonds. The summed E-state index contributed by atoms with van der Waals surface area (Å²) in [7, 11) is 0. The van der Waals surface area contributed by atoms with E-state index in [1.54, 1.807) is 49.4 Å². The minimum Gasteiger partial charge on any atom is -0.273 e. The van der Waals surface area contributed by atoms with Crippen LogP contribution in [0.15, 0.2) is 66.2 Å². The molecule has 166 valence electrons. The normalized spacial score (nSPS) is 15.2. The van der Waals surface area contributed by atoms with Crippen molar-refractivity contribution in [3.63, 3.8) is 0 Å². The summed E-state index contributed by atoms with van der Waals surface area (Å²) in [5.74, 6) is -1.98. The van der Waals surface area contributed by atoms with Gasteiger partial charge in [-0.15, -0.1) is 0 Å². The zero-order chi connectivity index (χ0) is 23.7. The molecule has 1 saturated heterocycles. The minimum absolute atomic E-state index is 0.234. The van der Waals surface area contributed by atoms with Gasteiger partial charge in [0.15, 0.2) is 0 Å². The number of aryl methyl sites for hydroxylation is 1. The van der Waals surface area contributed by atoms with Crippen LogP contribution < -0.4 is 10.2 Å². The molecule has 0 bridgehead atoms.